The first kappa shape index (κ1) is 11.3. The highest BCUT2D eigenvalue weighted by molar-refractivity contribution is 5.78. The number of nitro groups is 1. The van der Waals surface area contributed by atoms with Crippen molar-refractivity contribution in [3.63, 3.8) is 0 Å². The standard InChI is InChI=1S/C10H11NO4/c1-2-15-7-8-3-4-10(11(13)14)5-9(8)6-12/h3-6H,2,7H2,1H3. The second kappa shape index (κ2) is 5.21. The normalized spacial score (nSPS) is 9.93. The van der Waals surface area contributed by atoms with Crippen molar-refractivity contribution in [1.82, 2.24) is 0 Å². The van der Waals surface area contributed by atoms with E-state index in [1.165, 1.54) is 18.2 Å². The summed E-state index contributed by atoms with van der Waals surface area (Å²) < 4.78 is 5.13. The van der Waals surface area contributed by atoms with Gasteiger partial charge in [-0.05, 0) is 18.6 Å². The van der Waals surface area contributed by atoms with Crippen LogP contribution in [0.15, 0.2) is 18.2 Å². The van der Waals surface area contributed by atoms with Crippen molar-refractivity contribution in [3.05, 3.63) is 39.4 Å². The van der Waals surface area contributed by atoms with Crippen LogP contribution in [0.1, 0.15) is 22.8 Å². The van der Waals surface area contributed by atoms with Gasteiger partial charge in [-0.2, -0.15) is 0 Å². The fourth-order valence-corrected chi connectivity index (χ4v) is 1.15. The molecule has 0 atom stereocenters. The lowest BCUT2D eigenvalue weighted by molar-refractivity contribution is -0.384. The molecule has 0 fully saturated rings. The minimum Gasteiger partial charge on any atom is -0.377 e. The van der Waals surface area contributed by atoms with Crippen LogP contribution in [-0.2, 0) is 11.3 Å². The highest BCUT2D eigenvalue weighted by atomic mass is 16.6. The summed E-state index contributed by atoms with van der Waals surface area (Å²) in [6, 6.07) is 4.15. The summed E-state index contributed by atoms with van der Waals surface area (Å²) in [4.78, 5) is 20.6. The molecule has 80 valence electrons. The first-order chi connectivity index (χ1) is 7.19. The lowest BCUT2D eigenvalue weighted by atomic mass is 10.1. The van der Waals surface area contributed by atoms with Crippen LogP contribution in [-0.4, -0.2) is 17.8 Å². The third-order valence-corrected chi connectivity index (χ3v) is 1.93. The van der Waals surface area contributed by atoms with Crippen LogP contribution >= 0.6 is 0 Å². The minimum atomic E-state index is -0.530. The summed E-state index contributed by atoms with van der Waals surface area (Å²) in [7, 11) is 0. The Morgan fingerprint density at radius 3 is 2.80 bits per heavy atom. The van der Waals surface area contributed by atoms with E-state index in [0.717, 1.165) is 0 Å². The van der Waals surface area contributed by atoms with Gasteiger partial charge in [0.2, 0.25) is 0 Å². The number of rotatable bonds is 5. The smallest absolute Gasteiger partial charge is 0.270 e. The molecule has 0 heterocycles. The highest BCUT2D eigenvalue weighted by Crippen LogP contribution is 2.17. The molecule has 5 nitrogen and oxygen atoms in total. The third-order valence-electron chi connectivity index (χ3n) is 1.93. The maximum Gasteiger partial charge on any atom is 0.270 e. The zero-order chi connectivity index (χ0) is 11.3. The Morgan fingerprint density at radius 2 is 2.27 bits per heavy atom. The Hall–Kier alpha value is -1.75. The van der Waals surface area contributed by atoms with Crippen molar-refractivity contribution < 1.29 is 14.5 Å². The van der Waals surface area contributed by atoms with Crippen LogP contribution in [0.4, 0.5) is 5.69 Å². The Balaban J connectivity index is 2.98. The average molecular weight is 209 g/mol. The second-order valence-electron chi connectivity index (χ2n) is 2.90. The Morgan fingerprint density at radius 1 is 1.53 bits per heavy atom. The molecular formula is C10H11NO4. The number of hydrogen-bond acceptors (Lipinski definition) is 4. The zero-order valence-electron chi connectivity index (χ0n) is 8.30. The number of non-ortho nitro benzene ring substituents is 1. The molecule has 15 heavy (non-hydrogen) atoms. The van der Waals surface area contributed by atoms with Gasteiger partial charge in [-0.15, -0.1) is 0 Å². The quantitative estimate of drug-likeness (QED) is 0.422. The van der Waals surface area contributed by atoms with Crippen LogP contribution in [0.25, 0.3) is 0 Å². The Labute approximate surface area is 86.8 Å². The van der Waals surface area contributed by atoms with E-state index in [9.17, 15) is 14.9 Å². The number of ether oxygens (including phenoxy) is 1. The van der Waals surface area contributed by atoms with Crippen molar-refractivity contribution in [2.45, 2.75) is 13.5 Å². The van der Waals surface area contributed by atoms with Crippen molar-refractivity contribution in [3.8, 4) is 0 Å². The van der Waals surface area contributed by atoms with E-state index in [0.29, 0.717) is 30.6 Å². The van der Waals surface area contributed by atoms with E-state index in [4.69, 9.17) is 4.74 Å². The molecule has 0 aromatic heterocycles. The molecule has 0 aliphatic rings. The van der Waals surface area contributed by atoms with E-state index in [-0.39, 0.29) is 5.69 Å². The number of hydrogen-bond donors (Lipinski definition) is 0. The van der Waals surface area contributed by atoms with Gasteiger partial charge >= 0.3 is 0 Å². The fraction of sp³-hybridized carbons (Fsp3) is 0.300. The molecular weight excluding hydrogens is 198 g/mol. The SMILES string of the molecule is CCOCc1ccc([N+](=O)[O-])cc1C=O. The largest absolute Gasteiger partial charge is 0.377 e. The molecule has 0 N–H and O–H groups in total. The van der Waals surface area contributed by atoms with Crippen LogP contribution in [0, 0.1) is 10.1 Å². The number of benzene rings is 1. The topological polar surface area (TPSA) is 69.4 Å². The van der Waals surface area contributed by atoms with E-state index in [1.807, 2.05) is 6.92 Å². The molecule has 0 aliphatic carbocycles. The van der Waals surface area contributed by atoms with Gasteiger partial charge in [0.05, 0.1) is 11.5 Å². The number of carbonyl (C=O) groups is 1. The number of aldehydes is 1. The van der Waals surface area contributed by atoms with Gasteiger partial charge in [-0.1, -0.05) is 0 Å². The predicted molar refractivity (Wildman–Crippen MR) is 53.8 cm³/mol. The monoisotopic (exact) mass is 209 g/mol. The molecule has 0 spiro atoms. The van der Waals surface area contributed by atoms with Gasteiger partial charge in [-0.3, -0.25) is 14.9 Å². The number of nitrogens with zero attached hydrogens (tertiary/aromatic N) is 1. The van der Waals surface area contributed by atoms with E-state index < -0.39 is 4.92 Å². The van der Waals surface area contributed by atoms with Crippen LogP contribution < -0.4 is 0 Å². The van der Waals surface area contributed by atoms with Gasteiger partial charge in [0.15, 0.2) is 6.29 Å². The van der Waals surface area contributed by atoms with E-state index in [1.54, 1.807) is 0 Å². The van der Waals surface area contributed by atoms with Gasteiger partial charge in [0, 0.05) is 24.3 Å². The molecule has 1 aromatic carbocycles. The Bertz CT molecular complexity index is 376. The number of carbonyl (C=O) groups excluding carboxylic acids is 1. The molecule has 1 aromatic rings. The average Bonchev–Trinajstić information content (AvgIpc) is 2.25. The van der Waals surface area contributed by atoms with E-state index >= 15 is 0 Å². The lowest BCUT2D eigenvalue weighted by Gasteiger charge is -2.04. The summed E-state index contributed by atoms with van der Waals surface area (Å²) >= 11 is 0. The van der Waals surface area contributed by atoms with Gasteiger partial charge in [-0.25, -0.2) is 0 Å². The van der Waals surface area contributed by atoms with Gasteiger partial charge in [0.25, 0.3) is 5.69 Å². The highest BCUT2D eigenvalue weighted by Gasteiger charge is 2.09. The summed E-state index contributed by atoms with van der Waals surface area (Å²) in [5, 5.41) is 10.5. The molecule has 0 bridgehead atoms. The van der Waals surface area contributed by atoms with Crippen LogP contribution in [0.2, 0.25) is 0 Å². The first-order valence-corrected chi connectivity index (χ1v) is 4.49. The molecule has 5 heteroatoms. The summed E-state index contributed by atoms with van der Waals surface area (Å²) in [5.74, 6) is 0. The van der Waals surface area contributed by atoms with Crippen molar-refractivity contribution in [2.24, 2.45) is 0 Å². The van der Waals surface area contributed by atoms with Crippen molar-refractivity contribution >= 4 is 12.0 Å². The van der Waals surface area contributed by atoms with Crippen molar-refractivity contribution in [1.29, 1.82) is 0 Å². The molecule has 1 rings (SSSR count). The molecule has 0 unspecified atom stereocenters. The van der Waals surface area contributed by atoms with Crippen molar-refractivity contribution in [2.75, 3.05) is 6.61 Å². The van der Waals surface area contributed by atoms with Gasteiger partial charge < -0.3 is 4.74 Å². The lowest BCUT2D eigenvalue weighted by Crippen LogP contribution is -1.98. The zero-order valence-corrected chi connectivity index (χ0v) is 8.30. The van der Waals surface area contributed by atoms with Crippen LogP contribution in [0.3, 0.4) is 0 Å². The molecule has 0 saturated heterocycles. The molecule has 0 aliphatic heterocycles. The summed E-state index contributed by atoms with van der Waals surface area (Å²) in [6.45, 7) is 2.67. The minimum absolute atomic E-state index is 0.0858. The molecule has 0 radical (unpaired) electrons. The van der Waals surface area contributed by atoms with E-state index in [2.05, 4.69) is 0 Å². The molecule has 0 saturated carbocycles. The third kappa shape index (κ3) is 2.85. The second-order valence-corrected chi connectivity index (χ2v) is 2.90. The predicted octanol–water partition coefficient (Wildman–Crippen LogP) is 1.94. The van der Waals surface area contributed by atoms with Gasteiger partial charge in [0.1, 0.15) is 0 Å². The maximum absolute atomic E-state index is 10.7. The summed E-state index contributed by atoms with van der Waals surface area (Å²) in [6.07, 6.45) is 0.599. The Kier molecular flexibility index (Phi) is 3.93. The maximum atomic E-state index is 10.7. The fourth-order valence-electron chi connectivity index (χ4n) is 1.15. The first-order valence-electron chi connectivity index (χ1n) is 4.49. The molecule has 0 amide bonds. The number of nitro benzene ring substituents is 1. The summed E-state index contributed by atoms with van der Waals surface area (Å²) in [5.41, 5.74) is 0.882. The van der Waals surface area contributed by atoms with Crippen LogP contribution in [0.5, 0.6) is 0 Å².